The topological polar surface area (TPSA) is 52.3 Å². The third kappa shape index (κ3) is 1.94. The number of thiophene rings is 1. The first kappa shape index (κ1) is 8.07. The zero-order valence-electron chi connectivity index (χ0n) is 6.16. The molecule has 0 saturated heterocycles. The summed E-state index contributed by atoms with van der Waals surface area (Å²) in [5.41, 5.74) is 6.30. The largest absolute Gasteiger partial charge is 0.462 e. The molecule has 0 aliphatic carbocycles. The summed E-state index contributed by atoms with van der Waals surface area (Å²) >= 11 is 1.55. The molecule has 1 heterocycles. The van der Waals surface area contributed by atoms with Crippen LogP contribution in [-0.2, 0) is 16.1 Å². The van der Waals surface area contributed by atoms with Gasteiger partial charge < -0.3 is 10.5 Å². The second-order valence-electron chi connectivity index (χ2n) is 2.14. The summed E-state index contributed by atoms with van der Waals surface area (Å²) in [7, 11) is 0. The van der Waals surface area contributed by atoms with Gasteiger partial charge in [0, 0.05) is 10.6 Å². The van der Waals surface area contributed by atoms with Gasteiger partial charge in [-0.2, -0.15) is 0 Å². The molecule has 3 nitrogen and oxygen atoms in total. The lowest BCUT2D eigenvalue weighted by Gasteiger charge is -1.94. The van der Waals surface area contributed by atoms with Gasteiger partial charge in [-0.15, -0.1) is 11.3 Å². The average Bonchev–Trinajstić information content (AvgIpc) is 2.26. The summed E-state index contributed by atoms with van der Waals surface area (Å²) < 4.78 is 4.56. The molecule has 0 aromatic carbocycles. The maximum Gasteiger partial charge on any atom is 0.293 e. The van der Waals surface area contributed by atoms with Crippen LogP contribution in [0.4, 0.5) is 5.69 Å². The van der Waals surface area contributed by atoms with Crippen molar-refractivity contribution >= 4 is 23.5 Å². The van der Waals surface area contributed by atoms with E-state index in [1.807, 2.05) is 13.0 Å². The summed E-state index contributed by atoms with van der Waals surface area (Å²) in [5.74, 6) is 0. The van der Waals surface area contributed by atoms with Gasteiger partial charge in [0.1, 0.15) is 6.61 Å². The number of aryl methyl sites for hydroxylation is 1. The van der Waals surface area contributed by atoms with Gasteiger partial charge in [-0.1, -0.05) is 0 Å². The van der Waals surface area contributed by atoms with Crippen LogP contribution in [0, 0.1) is 6.92 Å². The molecule has 0 aliphatic rings. The van der Waals surface area contributed by atoms with E-state index in [0.717, 1.165) is 9.75 Å². The molecule has 0 atom stereocenters. The van der Waals surface area contributed by atoms with E-state index in [2.05, 4.69) is 4.74 Å². The molecule has 0 amide bonds. The van der Waals surface area contributed by atoms with Crippen LogP contribution in [0.1, 0.15) is 9.75 Å². The van der Waals surface area contributed by atoms with Crippen molar-refractivity contribution in [2.45, 2.75) is 13.5 Å². The standard InChI is InChI=1S/C7H9NO2S/c1-5-2-6(8)7(11-5)3-10-4-9/h2,4H,3,8H2,1H3. The molecule has 0 bridgehead atoms. The minimum Gasteiger partial charge on any atom is -0.462 e. The summed E-state index contributed by atoms with van der Waals surface area (Å²) in [5, 5.41) is 0. The zero-order valence-corrected chi connectivity index (χ0v) is 6.98. The van der Waals surface area contributed by atoms with Crippen molar-refractivity contribution in [3.8, 4) is 0 Å². The Kier molecular flexibility index (Phi) is 2.48. The van der Waals surface area contributed by atoms with Crippen molar-refractivity contribution in [1.29, 1.82) is 0 Å². The number of nitrogens with two attached hydrogens (primary N) is 1. The molecular weight excluding hydrogens is 162 g/mol. The fourth-order valence-electron chi connectivity index (χ4n) is 0.805. The average molecular weight is 171 g/mol. The minimum absolute atomic E-state index is 0.286. The van der Waals surface area contributed by atoms with Gasteiger partial charge in [-0.3, -0.25) is 4.79 Å². The van der Waals surface area contributed by atoms with Crippen LogP contribution >= 0.6 is 11.3 Å². The summed E-state index contributed by atoms with van der Waals surface area (Å²) in [6.07, 6.45) is 0. The molecule has 4 heteroatoms. The van der Waals surface area contributed by atoms with E-state index in [-0.39, 0.29) is 6.61 Å². The highest BCUT2D eigenvalue weighted by atomic mass is 32.1. The lowest BCUT2D eigenvalue weighted by atomic mass is 10.4. The van der Waals surface area contributed by atoms with Gasteiger partial charge in [0.2, 0.25) is 0 Å². The summed E-state index contributed by atoms with van der Waals surface area (Å²) in [4.78, 5) is 11.9. The van der Waals surface area contributed by atoms with Crippen molar-refractivity contribution in [2.24, 2.45) is 0 Å². The monoisotopic (exact) mass is 171 g/mol. The van der Waals surface area contributed by atoms with Gasteiger partial charge in [-0.25, -0.2) is 0 Å². The van der Waals surface area contributed by atoms with Crippen molar-refractivity contribution in [3.63, 3.8) is 0 Å². The number of rotatable bonds is 3. The molecule has 0 radical (unpaired) electrons. The van der Waals surface area contributed by atoms with Crippen LogP contribution in [0.2, 0.25) is 0 Å². The first-order valence-corrected chi connectivity index (χ1v) is 3.95. The second kappa shape index (κ2) is 3.39. The molecule has 1 rings (SSSR count). The van der Waals surface area contributed by atoms with Gasteiger partial charge in [0.25, 0.3) is 6.47 Å². The Morgan fingerprint density at radius 1 is 1.82 bits per heavy atom. The first-order chi connectivity index (χ1) is 5.24. The number of hydrogen-bond acceptors (Lipinski definition) is 4. The highest BCUT2D eigenvalue weighted by molar-refractivity contribution is 7.12. The van der Waals surface area contributed by atoms with E-state index in [4.69, 9.17) is 5.73 Å². The maximum absolute atomic E-state index is 9.84. The van der Waals surface area contributed by atoms with Gasteiger partial charge in [0.15, 0.2) is 0 Å². The predicted octanol–water partition coefficient (Wildman–Crippen LogP) is 1.31. The van der Waals surface area contributed by atoms with Gasteiger partial charge >= 0.3 is 0 Å². The van der Waals surface area contributed by atoms with E-state index >= 15 is 0 Å². The third-order valence-corrected chi connectivity index (χ3v) is 2.29. The molecule has 0 unspecified atom stereocenters. The SMILES string of the molecule is Cc1cc(N)c(COC=O)s1. The normalized spacial score (nSPS) is 9.55. The highest BCUT2D eigenvalue weighted by Gasteiger charge is 2.02. The molecule has 2 N–H and O–H groups in total. The second-order valence-corrected chi connectivity index (χ2v) is 3.48. The smallest absolute Gasteiger partial charge is 0.293 e. The van der Waals surface area contributed by atoms with E-state index in [9.17, 15) is 4.79 Å². The summed E-state index contributed by atoms with van der Waals surface area (Å²) in [6.45, 7) is 2.67. The molecule has 0 spiro atoms. The van der Waals surface area contributed by atoms with Crippen molar-refractivity contribution in [1.82, 2.24) is 0 Å². The molecule has 1 aromatic rings. The lowest BCUT2D eigenvalue weighted by Crippen LogP contribution is -1.91. The van der Waals surface area contributed by atoms with Gasteiger partial charge in [0.05, 0.1) is 4.88 Å². The number of carbonyl (C=O) groups excluding carboxylic acids is 1. The number of ether oxygens (including phenoxy) is 1. The Balaban J connectivity index is 2.69. The quantitative estimate of drug-likeness (QED) is 0.697. The van der Waals surface area contributed by atoms with E-state index < -0.39 is 0 Å². The van der Waals surface area contributed by atoms with Crippen LogP contribution in [-0.4, -0.2) is 6.47 Å². The Morgan fingerprint density at radius 2 is 2.55 bits per heavy atom. The van der Waals surface area contributed by atoms with Crippen molar-refractivity contribution < 1.29 is 9.53 Å². The van der Waals surface area contributed by atoms with E-state index in [0.29, 0.717) is 12.2 Å². The van der Waals surface area contributed by atoms with Crippen molar-refractivity contribution in [3.05, 3.63) is 15.8 Å². The number of hydrogen-bond donors (Lipinski definition) is 1. The maximum atomic E-state index is 9.84. The Bertz CT molecular complexity index is 257. The third-order valence-electron chi connectivity index (χ3n) is 1.25. The Labute approximate surface area is 68.8 Å². The van der Waals surface area contributed by atoms with Crippen molar-refractivity contribution in [2.75, 3.05) is 5.73 Å². The fraction of sp³-hybridized carbons (Fsp3) is 0.286. The molecule has 60 valence electrons. The fourth-order valence-corrected chi connectivity index (χ4v) is 1.68. The zero-order chi connectivity index (χ0) is 8.27. The number of anilines is 1. The Hall–Kier alpha value is -1.03. The Morgan fingerprint density at radius 3 is 3.00 bits per heavy atom. The van der Waals surface area contributed by atoms with Crippen LogP contribution in [0.15, 0.2) is 6.07 Å². The first-order valence-electron chi connectivity index (χ1n) is 3.14. The molecule has 0 aliphatic heterocycles. The number of nitrogen functional groups attached to an aromatic ring is 1. The molecule has 1 aromatic heterocycles. The lowest BCUT2D eigenvalue weighted by molar-refractivity contribution is -0.129. The van der Waals surface area contributed by atoms with E-state index in [1.54, 1.807) is 11.3 Å². The summed E-state index contributed by atoms with van der Waals surface area (Å²) in [6, 6.07) is 1.87. The van der Waals surface area contributed by atoms with Crippen LogP contribution < -0.4 is 5.73 Å². The molecule has 0 fully saturated rings. The number of carbonyl (C=O) groups is 1. The minimum atomic E-state index is 0.286. The molecule has 11 heavy (non-hydrogen) atoms. The van der Waals surface area contributed by atoms with Crippen LogP contribution in [0.25, 0.3) is 0 Å². The van der Waals surface area contributed by atoms with E-state index in [1.165, 1.54) is 0 Å². The molecule has 0 saturated carbocycles. The van der Waals surface area contributed by atoms with Crippen LogP contribution in [0.5, 0.6) is 0 Å². The van der Waals surface area contributed by atoms with Gasteiger partial charge in [-0.05, 0) is 13.0 Å². The molecular formula is C7H9NO2S. The predicted molar refractivity (Wildman–Crippen MR) is 44.3 cm³/mol. The van der Waals surface area contributed by atoms with Crippen LogP contribution in [0.3, 0.4) is 0 Å². The highest BCUT2D eigenvalue weighted by Crippen LogP contribution is 2.23.